The van der Waals surface area contributed by atoms with E-state index in [1.807, 2.05) is 0 Å². The zero-order valence-corrected chi connectivity index (χ0v) is 19.8. The van der Waals surface area contributed by atoms with Gasteiger partial charge in [-0.15, -0.1) is 0 Å². The highest BCUT2D eigenvalue weighted by molar-refractivity contribution is 5.87. The van der Waals surface area contributed by atoms with Crippen molar-refractivity contribution in [3.63, 3.8) is 0 Å². The first-order chi connectivity index (χ1) is 14.4. The predicted octanol–water partition coefficient (Wildman–Crippen LogP) is 8.30. The first-order valence-corrected chi connectivity index (χ1v) is 12.9. The van der Waals surface area contributed by atoms with E-state index in [1.54, 1.807) is 0 Å². The van der Waals surface area contributed by atoms with Crippen LogP contribution in [0.4, 0.5) is 4.39 Å². The SMILES string of the molecule is CC(C)(C)C1CCC(=C(F)C(=O)OC(C2CCCCCC2)C2CCCCCC2)CC1. The van der Waals surface area contributed by atoms with Crippen molar-refractivity contribution in [2.24, 2.45) is 23.2 Å². The highest BCUT2D eigenvalue weighted by atomic mass is 19.1. The third-order valence-corrected chi connectivity index (χ3v) is 8.28. The number of esters is 1. The minimum absolute atomic E-state index is 0.0778. The predicted molar refractivity (Wildman–Crippen MR) is 122 cm³/mol. The maximum Gasteiger partial charge on any atom is 0.367 e. The average Bonchev–Trinajstić information content (AvgIpc) is 3.16. The number of ether oxygens (including phenoxy) is 1. The second kappa shape index (κ2) is 11.1. The first kappa shape index (κ1) is 23.8. The van der Waals surface area contributed by atoms with E-state index in [1.165, 1.54) is 51.4 Å². The van der Waals surface area contributed by atoms with Crippen LogP contribution in [-0.4, -0.2) is 12.1 Å². The van der Waals surface area contributed by atoms with Crippen molar-refractivity contribution in [2.45, 2.75) is 130 Å². The monoisotopic (exact) mass is 420 g/mol. The summed E-state index contributed by atoms with van der Waals surface area (Å²) in [6.45, 7) is 6.79. The molecular formula is C27H45FO2. The number of rotatable bonds is 4. The number of halogens is 1. The maximum atomic E-state index is 15.2. The fraction of sp³-hybridized carbons (Fsp3) is 0.889. The minimum Gasteiger partial charge on any atom is -0.457 e. The zero-order chi connectivity index (χ0) is 21.6. The summed E-state index contributed by atoms with van der Waals surface area (Å²) in [5, 5.41) is 0. The molecule has 172 valence electrons. The summed E-state index contributed by atoms with van der Waals surface area (Å²) < 4.78 is 21.2. The van der Waals surface area contributed by atoms with Crippen molar-refractivity contribution in [3.8, 4) is 0 Å². The standard InChI is InChI=1S/C27H45FO2/c1-27(2,3)23-18-16-20(17-19-23)24(28)26(29)30-25(21-12-8-4-5-9-13-21)22-14-10-6-7-11-15-22/h21-23,25H,4-19H2,1-3H3. The van der Waals surface area contributed by atoms with Crippen molar-refractivity contribution < 1.29 is 13.9 Å². The van der Waals surface area contributed by atoms with Crippen molar-refractivity contribution in [1.29, 1.82) is 0 Å². The van der Waals surface area contributed by atoms with E-state index in [4.69, 9.17) is 4.74 Å². The minimum atomic E-state index is -0.655. The van der Waals surface area contributed by atoms with Gasteiger partial charge >= 0.3 is 5.97 Å². The van der Waals surface area contributed by atoms with E-state index in [2.05, 4.69) is 20.8 Å². The van der Waals surface area contributed by atoms with E-state index >= 15 is 4.39 Å². The highest BCUT2D eigenvalue weighted by Gasteiger charge is 2.35. The fourth-order valence-corrected chi connectivity index (χ4v) is 6.23. The molecule has 3 rings (SSSR count). The Bertz CT molecular complexity index is 542. The van der Waals surface area contributed by atoms with Gasteiger partial charge in [-0.3, -0.25) is 0 Å². The van der Waals surface area contributed by atoms with Crippen LogP contribution in [0, 0.1) is 23.2 Å². The van der Waals surface area contributed by atoms with Gasteiger partial charge in [0.1, 0.15) is 6.10 Å². The summed E-state index contributed by atoms with van der Waals surface area (Å²) in [6, 6.07) is 0. The Morgan fingerprint density at radius 2 is 1.23 bits per heavy atom. The molecule has 0 aromatic carbocycles. The summed E-state index contributed by atoms with van der Waals surface area (Å²) in [5.41, 5.74) is 0.966. The van der Waals surface area contributed by atoms with Crippen molar-refractivity contribution in [1.82, 2.24) is 0 Å². The van der Waals surface area contributed by atoms with Gasteiger partial charge in [0, 0.05) is 0 Å². The summed E-state index contributed by atoms with van der Waals surface area (Å²) in [4.78, 5) is 12.9. The average molecular weight is 421 g/mol. The van der Waals surface area contributed by atoms with Crippen LogP contribution in [0.2, 0.25) is 0 Å². The molecule has 3 aliphatic carbocycles. The van der Waals surface area contributed by atoms with Gasteiger partial charge in [0.25, 0.3) is 0 Å². The van der Waals surface area contributed by atoms with Gasteiger partial charge in [-0.1, -0.05) is 72.1 Å². The van der Waals surface area contributed by atoms with Gasteiger partial charge in [0.2, 0.25) is 5.83 Å². The van der Waals surface area contributed by atoms with Gasteiger partial charge in [0.15, 0.2) is 0 Å². The lowest BCUT2D eigenvalue weighted by Gasteiger charge is -2.35. The van der Waals surface area contributed by atoms with Crippen LogP contribution in [0.3, 0.4) is 0 Å². The number of hydrogen-bond acceptors (Lipinski definition) is 2. The molecule has 30 heavy (non-hydrogen) atoms. The van der Waals surface area contributed by atoms with Gasteiger partial charge in [-0.2, -0.15) is 4.39 Å². The smallest absolute Gasteiger partial charge is 0.367 e. The van der Waals surface area contributed by atoms with Crippen molar-refractivity contribution >= 4 is 5.97 Å². The van der Waals surface area contributed by atoms with Crippen molar-refractivity contribution in [2.75, 3.05) is 0 Å². The van der Waals surface area contributed by atoms with Crippen molar-refractivity contribution in [3.05, 3.63) is 11.4 Å². The Morgan fingerprint density at radius 1 is 0.800 bits per heavy atom. The summed E-state index contributed by atoms with van der Waals surface area (Å²) in [7, 11) is 0. The van der Waals surface area contributed by atoms with E-state index in [9.17, 15) is 4.79 Å². The van der Waals surface area contributed by atoms with Crippen LogP contribution >= 0.6 is 0 Å². The van der Waals surface area contributed by atoms with Crippen LogP contribution < -0.4 is 0 Å². The molecule has 0 aromatic rings. The van der Waals surface area contributed by atoms with Gasteiger partial charge < -0.3 is 4.74 Å². The molecule has 0 aromatic heterocycles. The second-order valence-electron chi connectivity index (χ2n) is 11.4. The van der Waals surface area contributed by atoms with E-state index in [0.717, 1.165) is 38.5 Å². The van der Waals surface area contributed by atoms with E-state index < -0.39 is 11.8 Å². The molecule has 2 nitrogen and oxygen atoms in total. The zero-order valence-electron chi connectivity index (χ0n) is 19.8. The third kappa shape index (κ3) is 6.57. The van der Waals surface area contributed by atoms with Crippen LogP contribution in [0.25, 0.3) is 0 Å². The lowest BCUT2D eigenvalue weighted by atomic mass is 9.71. The molecule has 0 bridgehead atoms. The molecule has 0 saturated heterocycles. The number of carbonyl (C=O) groups is 1. The molecule has 0 heterocycles. The van der Waals surface area contributed by atoms with Gasteiger partial charge in [-0.25, -0.2) is 4.79 Å². The molecule has 0 N–H and O–H groups in total. The fourth-order valence-electron chi connectivity index (χ4n) is 6.23. The van der Waals surface area contributed by atoms with Gasteiger partial charge in [-0.05, 0) is 80.1 Å². The molecule has 3 heteroatoms. The molecule has 0 atom stereocenters. The molecular weight excluding hydrogens is 375 g/mol. The number of allylic oxidation sites excluding steroid dienone is 1. The molecule has 0 amide bonds. The lowest BCUT2D eigenvalue weighted by Crippen LogP contribution is -2.34. The molecule has 3 fully saturated rings. The van der Waals surface area contributed by atoms with Crippen LogP contribution in [0.15, 0.2) is 11.4 Å². The van der Waals surface area contributed by atoms with Crippen LogP contribution in [-0.2, 0) is 9.53 Å². The molecule has 3 aliphatic rings. The lowest BCUT2D eigenvalue weighted by molar-refractivity contribution is -0.153. The Kier molecular flexibility index (Phi) is 8.83. The Balaban J connectivity index is 1.68. The second-order valence-corrected chi connectivity index (χ2v) is 11.4. The third-order valence-electron chi connectivity index (χ3n) is 8.28. The first-order valence-electron chi connectivity index (χ1n) is 12.9. The van der Waals surface area contributed by atoms with Gasteiger partial charge in [0.05, 0.1) is 0 Å². The quantitative estimate of drug-likeness (QED) is 0.260. The molecule has 0 unspecified atom stereocenters. The summed E-state index contributed by atoms with van der Waals surface area (Å²) in [6.07, 6.45) is 17.9. The number of carbonyl (C=O) groups excluding carboxylic acids is 1. The van der Waals surface area contributed by atoms with E-state index in [-0.39, 0.29) is 11.5 Å². The molecule has 0 radical (unpaired) electrons. The highest BCUT2D eigenvalue weighted by Crippen LogP contribution is 2.41. The number of hydrogen-bond donors (Lipinski definition) is 0. The molecule has 3 saturated carbocycles. The summed E-state index contributed by atoms with van der Waals surface area (Å²) in [5.74, 6) is 0.241. The summed E-state index contributed by atoms with van der Waals surface area (Å²) >= 11 is 0. The molecule has 0 aliphatic heterocycles. The normalized spacial score (nSPS) is 25.6. The maximum absolute atomic E-state index is 15.2. The van der Waals surface area contributed by atoms with E-state index in [0.29, 0.717) is 36.2 Å². The Morgan fingerprint density at radius 3 is 1.63 bits per heavy atom. The Labute approximate surface area is 184 Å². The Hall–Kier alpha value is -0.860. The molecule has 0 spiro atoms. The van der Waals surface area contributed by atoms with Crippen LogP contribution in [0.1, 0.15) is 124 Å². The van der Waals surface area contributed by atoms with Crippen LogP contribution in [0.5, 0.6) is 0 Å². The largest absolute Gasteiger partial charge is 0.457 e. The topological polar surface area (TPSA) is 26.3 Å².